The highest BCUT2D eigenvalue weighted by molar-refractivity contribution is 7.98. The number of hydrogen-bond donors (Lipinski definition) is 2. The van der Waals surface area contributed by atoms with Gasteiger partial charge in [0.15, 0.2) is 0 Å². The summed E-state index contributed by atoms with van der Waals surface area (Å²) < 4.78 is 0. The maximum absolute atomic E-state index is 11.5. The van der Waals surface area contributed by atoms with E-state index in [4.69, 9.17) is 5.11 Å². The molecule has 1 unspecified atom stereocenters. The van der Waals surface area contributed by atoms with Crippen LogP contribution in [-0.2, 0) is 4.79 Å². The molecule has 2 N–H and O–H groups in total. The van der Waals surface area contributed by atoms with Gasteiger partial charge in [0, 0.05) is 13.6 Å². The van der Waals surface area contributed by atoms with Crippen LogP contribution in [0.4, 0.5) is 4.79 Å². The van der Waals surface area contributed by atoms with E-state index in [0.29, 0.717) is 6.54 Å². The first-order valence-corrected chi connectivity index (χ1v) is 7.12. The first-order chi connectivity index (χ1) is 8.00. The number of amides is 2. The zero-order valence-electron chi connectivity index (χ0n) is 10.7. The molecule has 17 heavy (non-hydrogen) atoms. The summed E-state index contributed by atoms with van der Waals surface area (Å²) in [6.45, 7) is 2.09. The van der Waals surface area contributed by atoms with Gasteiger partial charge >= 0.3 is 12.0 Å². The van der Waals surface area contributed by atoms with Crippen LogP contribution in [0.1, 0.15) is 26.2 Å². The molecule has 0 saturated carbocycles. The van der Waals surface area contributed by atoms with Crippen molar-refractivity contribution < 1.29 is 14.7 Å². The first-order valence-electron chi connectivity index (χ1n) is 5.73. The van der Waals surface area contributed by atoms with Crippen molar-refractivity contribution in [2.24, 2.45) is 0 Å². The van der Waals surface area contributed by atoms with Crippen molar-refractivity contribution in [3.63, 3.8) is 0 Å². The molecule has 1 atom stereocenters. The lowest BCUT2D eigenvalue weighted by Gasteiger charge is -2.21. The average molecular weight is 262 g/mol. The third-order valence-electron chi connectivity index (χ3n) is 2.56. The molecule has 0 rings (SSSR count). The van der Waals surface area contributed by atoms with E-state index < -0.39 is 12.0 Å². The Bertz CT molecular complexity index is 249. The Morgan fingerprint density at radius 3 is 2.53 bits per heavy atom. The Morgan fingerprint density at radius 2 is 2.00 bits per heavy atom. The number of unbranched alkanes of at least 4 members (excludes halogenated alkanes) is 2. The van der Waals surface area contributed by atoms with Crippen molar-refractivity contribution in [1.82, 2.24) is 10.2 Å². The van der Waals surface area contributed by atoms with Crippen LogP contribution in [0.5, 0.6) is 0 Å². The molecule has 6 heteroatoms. The fourth-order valence-electron chi connectivity index (χ4n) is 1.21. The lowest BCUT2D eigenvalue weighted by Crippen LogP contribution is -2.45. The fraction of sp³-hybridized carbons (Fsp3) is 0.818. The van der Waals surface area contributed by atoms with E-state index in [0.717, 1.165) is 25.0 Å². The number of carbonyl (C=O) groups is 2. The zero-order chi connectivity index (χ0) is 13.3. The van der Waals surface area contributed by atoms with Crippen LogP contribution >= 0.6 is 11.8 Å². The van der Waals surface area contributed by atoms with E-state index in [-0.39, 0.29) is 6.03 Å². The summed E-state index contributed by atoms with van der Waals surface area (Å²) in [5.74, 6) is 0.145. The molecule has 100 valence electrons. The van der Waals surface area contributed by atoms with Crippen LogP contribution in [0, 0.1) is 0 Å². The number of thioether (sulfide) groups is 1. The van der Waals surface area contributed by atoms with Crippen molar-refractivity contribution in [3.8, 4) is 0 Å². The van der Waals surface area contributed by atoms with Gasteiger partial charge in [-0.3, -0.25) is 0 Å². The van der Waals surface area contributed by atoms with E-state index in [1.54, 1.807) is 0 Å². The Balaban J connectivity index is 3.68. The molecule has 0 aromatic rings. The number of hydrogen-bond acceptors (Lipinski definition) is 3. The average Bonchev–Trinajstić information content (AvgIpc) is 2.31. The molecule has 0 aromatic carbocycles. The highest BCUT2D eigenvalue weighted by Gasteiger charge is 2.20. The number of carboxylic acid groups (broad SMARTS) is 1. The molecule has 0 saturated heterocycles. The molecule has 0 aliphatic carbocycles. The van der Waals surface area contributed by atoms with Gasteiger partial charge < -0.3 is 15.3 Å². The van der Waals surface area contributed by atoms with Crippen molar-refractivity contribution in [1.29, 1.82) is 0 Å². The molecule has 0 heterocycles. The van der Waals surface area contributed by atoms with E-state index >= 15 is 0 Å². The second kappa shape index (κ2) is 9.15. The Labute approximate surface area is 107 Å². The summed E-state index contributed by atoms with van der Waals surface area (Å²) in [5.41, 5.74) is 0. The molecule has 0 radical (unpaired) electrons. The zero-order valence-corrected chi connectivity index (χ0v) is 11.5. The summed E-state index contributed by atoms with van der Waals surface area (Å²) in [7, 11) is 1.49. The largest absolute Gasteiger partial charge is 0.480 e. The number of nitrogens with one attached hydrogen (secondary N) is 1. The molecular weight excluding hydrogens is 240 g/mol. The summed E-state index contributed by atoms with van der Waals surface area (Å²) >= 11 is 1.82. The molecule has 0 fully saturated rings. The standard InChI is InChI=1S/C11H22N2O3S/c1-9(10(14)15)13(2)11(16)12-7-5-4-6-8-17-3/h9H,4-8H2,1-3H3,(H,12,16)(H,14,15). The fourth-order valence-corrected chi connectivity index (χ4v) is 1.70. The summed E-state index contributed by atoms with van der Waals surface area (Å²) in [5, 5.41) is 11.5. The second-order valence-corrected chi connectivity index (χ2v) is 4.90. The van der Waals surface area contributed by atoms with Crippen LogP contribution in [0.15, 0.2) is 0 Å². The quantitative estimate of drug-likeness (QED) is 0.652. The third kappa shape index (κ3) is 7.10. The summed E-state index contributed by atoms with van der Waals surface area (Å²) in [6.07, 6.45) is 5.24. The van der Waals surface area contributed by atoms with E-state index in [1.807, 2.05) is 11.8 Å². The molecule has 0 bridgehead atoms. The smallest absolute Gasteiger partial charge is 0.326 e. The third-order valence-corrected chi connectivity index (χ3v) is 3.26. The Kier molecular flexibility index (Phi) is 8.66. The van der Waals surface area contributed by atoms with Gasteiger partial charge in [0.1, 0.15) is 6.04 Å². The van der Waals surface area contributed by atoms with Gasteiger partial charge in [-0.05, 0) is 31.8 Å². The van der Waals surface area contributed by atoms with Crippen molar-refractivity contribution in [2.45, 2.75) is 32.2 Å². The number of carbonyl (C=O) groups excluding carboxylic acids is 1. The molecule has 2 amide bonds. The molecule has 0 aliphatic heterocycles. The predicted molar refractivity (Wildman–Crippen MR) is 70.5 cm³/mol. The number of aliphatic carboxylic acids is 1. The lowest BCUT2D eigenvalue weighted by atomic mass is 10.2. The molecule has 0 aliphatic rings. The van der Waals surface area contributed by atoms with Gasteiger partial charge in [0.05, 0.1) is 0 Å². The van der Waals surface area contributed by atoms with Gasteiger partial charge in [-0.1, -0.05) is 6.42 Å². The molecule has 0 spiro atoms. The summed E-state index contributed by atoms with van der Waals surface area (Å²) in [6, 6.07) is -1.13. The van der Waals surface area contributed by atoms with Crippen molar-refractivity contribution in [2.75, 3.05) is 25.6 Å². The van der Waals surface area contributed by atoms with E-state index in [1.165, 1.54) is 18.9 Å². The summed E-state index contributed by atoms with van der Waals surface area (Å²) in [4.78, 5) is 23.4. The number of rotatable bonds is 8. The minimum absolute atomic E-state index is 0.329. The van der Waals surface area contributed by atoms with Gasteiger partial charge in [0.25, 0.3) is 0 Å². The van der Waals surface area contributed by atoms with E-state index in [9.17, 15) is 9.59 Å². The van der Waals surface area contributed by atoms with Crippen LogP contribution in [0.3, 0.4) is 0 Å². The van der Waals surface area contributed by atoms with Gasteiger partial charge in [-0.15, -0.1) is 0 Å². The minimum atomic E-state index is -0.998. The highest BCUT2D eigenvalue weighted by Crippen LogP contribution is 2.01. The normalized spacial score (nSPS) is 11.9. The molecular formula is C11H22N2O3S. The number of nitrogens with zero attached hydrogens (tertiary/aromatic N) is 1. The Morgan fingerprint density at radius 1 is 1.35 bits per heavy atom. The van der Waals surface area contributed by atoms with Gasteiger partial charge in [0.2, 0.25) is 0 Å². The van der Waals surface area contributed by atoms with Crippen LogP contribution < -0.4 is 5.32 Å². The first kappa shape index (κ1) is 16.1. The number of likely N-dealkylation sites (N-methyl/N-ethyl adjacent to an activating group) is 1. The second-order valence-electron chi connectivity index (χ2n) is 3.91. The molecule has 5 nitrogen and oxygen atoms in total. The monoisotopic (exact) mass is 262 g/mol. The van der Waals surface area contributed by atoms with Crippen LogP contribution in [0.2, 0.25) is 0 Å². The maximum Gasteiger partial charge on any atom is 0.326 e. The van der Waals surface area contributed by atoms with Gasteiger partial charge in [-0.25, -0.2) is 9.59 Å². The van der Waals surface area contributed by atoms with Gasteiger partial charge in [-0.2, -0.15) is 11.8 Å². The van der Waals surface area contributed by atoms with Crippen molar-refractivity contribution >= 4 is 23.8 Å². The van der Waals surface area contributed by atoms with Crippen LogP contribution in [-0.4, -0.2) is 53.6 Å². The molecule has 0 aromatic heterocycles. The van der Waals surface area contributed by atoms with Crippen molar-refractivity contribution in [3.05, 3.63) is 0 Å². The number of carboxylic acids is 1. The van der Waals surface area contributed by atoms with Crippen LogP contribution in [0.25, 0.3) is 0 Å². The minimum Gasteiger partial charge on any atom is -0.480 e. The topological polar surface area (TPSA) is 69.6 Å². The highest BCUT2D eigenvalue weighted by atomic mass is 32.2. The Hall–Kier alpha value is -0.910. The van der Waals surface area contributed by atoms with E-state index in [2.05, 4.69) is 11.6 Å². The number of urea groups is 1. The predicted octanol–water partition coefficient (Wildman–Crippen LogP) is 1.63. The maximum atomic E-state index is 11.5. The lowest BCUT2D eigenvalue weighted by molar-refractivity contribution is -0.141. The SMILES string of the molecule is CSCCCCCNC(=O)N(C)C(C)C(=O)O.